The highest BCUT2D eigenvalue weighted by Gasteiger charge is 2.19. The Morgan fingerprint density at radius 2 is 1.87 bits per heavy atom. The molecule has 2 aromatic rings. The van der Waals surface area contributed by atoms with Crippen molar-refractivity contribution in [3.05, 3.63) is 54.4 Å². The van der Waals surface area contributed by atoms with Crippen LogP contribution in [0.3, 0.4) is 0 Å². The van der Waals surface area contributed by atoms with Gasteiger partial charge >= 0.3 is 0 Å². The van der Waals surface area contributed by atoms with E-state index in [0.717, 1.165) is 17.9 Å². The summed E-state index contributed by atoms with van der Waals surface area (Å²) in [5.74, 6) is -0.0254. The van der Waals surface area contributed by atoms with Gasteiger partial charge in [0.05, 0.1) is 25.1 Å². The standard InChI is InChI=1S/C18H21N3O2/c1-2-21(15-6-4-3-5-7-15)16-8-9-17(19-14-16)18(22)20-10-12-23-13-11-20/h3-9,14H,2,10-13H2,1H3. The first-order valence-electron chi connectivity index (χ1n) is 7.95. The summed E-state index contributed by atoms with van der Waals surface area (Å²) in [5.41, 5.74) is 2.58. The van der Waals surface area contributed by atoms with Gasteiger partial charge in [0.1, 0.15) is 5.69 Å². The average molecular weight is 311 g/mol. The number of anilines is 2. The minimum atomic E-state index is -0.0254. The molecular formula is C18H21N3O2. The zero-order chi connectivity index (χ0) is 16.1. The van der Waals surface area contributed by atoms with E-state index in [1.54, 1.807) is 17.2 Å². The van der Waals surface area contributed by atoms with E-state index >= 15 is 0 Å². The van der Waals surface area contributed by atoms with Crippen molar-refractivity contribution in [2.45, 2.75) is 6.92 Å². The van der Waals surface area contributed by atoms with Gasteiger partial charge in [0.15, 0.2) is 0 Å². The summed E-state index contributed by atoms with van der Waals surface area (Å²) in [6.45, 7) is 5.39. The second-order valence-corrected chi connectivity index (χ2v) is 5.39. The summed E-state index contributed by atoms with van der Waals surface area (Å²) in [7, 11) is 0. The molecule has 0 aliphatic carbocycles. The maximum atomic E-state index is 12.4. The van der Waals surface area contributed by atoms with E-state index in [0.29, 0.717) is 32.0 Å². The Labute approximate surface area is 136 Å². The van der Waals surface area contributed by atoms with Gasteiger partial charge in [-0.2, -0.15) is 0 Å². The van der Waals surface area contributed by atoms with Crippen molar-refractivity contribution in [2.24, 2.45) is 0 Å². The number of carbonyl (C=O) groups excluding carboxylic acids is 1. The number of aromatic nitrogens is 1. The van der Waals surface area contributed by atoms with E-state index in [-0.39, 0.29) is 5.91 Å². The zero-order valence-corrected chi connectivity index (χ0v) is 13.3. The number of carbonyl (C=O) groups is 1. The highest BCUT2D eigenvalue weighted by molar-refractivity contribution is 5.92. The van der Waals surface area contributed by atoms with Crippen LogP contribution in [0.15, 0.2) is 48.7 Å². The van der Waals surface area contributed by atoms with Crippen molar-refractivity contribution >= 4 is 17.3 Å². The maximum Gasteiger partial charge on any atom is 0.272 e. The number of morpholine rings is 1. The smallest absolute Gasteiger partial charge is 0.272 e. The van der Waals surface area contributed by atoms with Gasteiger partial charge in [0, 0.05) is 25.3 Å². The Morgan fingerprint density at radius 3 is 2.48 bits per heavy atom. The Hall–Kier alpha value is -2.40. The molecule has 23 heavy (non-hydrogen) atoms. The molecular weight excluding hydrogens is 290 g/mol. The van der Waals surface area contributed by atoms with Gasteiger partial charge < -0.3 is 14.5 Å². The molecule has 0 unspecified atom stereocenters. The van der Waals surface area contributed by atoms with E-state index in [1.807, 2.05) is 24.3 Å². The summed E-state index contributed by atoms with van der Waals surface area (Å²) in [5, 5.41) is 0. The van der Waals surface area contributed by atoms with Gasteiger partial charge in [-0.3, -0.25) is 4.79 Å². The molecule has 1 aromatic carbocycles. The number of rotatable bonds is 4. The number of pyridine rings is 1. The minimum absolute atomic E-state index is 0.0254. The van der Waals surface area contributed by atoms with E-state index < -0.39 is 0 Å². The van der Waals surface area contributed by atoms with Gasteiger partial charge in [-0.05, 0) is 31.2 Å². The second-order valence-electron chi connectivity index (χ2n) is 5.39. The van der Waals surface area contributed by atoms with Crippen molar-refractivity contribution in [3.63, 3.8) is 0 Å². The Kier molecular flexibility index (Phi) is 4.88. The molecule has 1 aliphatic rings. The van der Waals surface area contributed by atoms with Crippen molar-refractivity contribution in [1.29, 1.82) is 0 Å². The number of nitrogens with zero attached hydrogens (tertiary/aromatic N) is 3. The van der Waals surface area contributed by atoms with Gasteiger partial charge in [-0.1, -0.05) is 18.2 Å². The highest BCUT2D eigenvalue weighted by atomic mass is 16.5. The van der Waals surface area contributed by atoms with Crippen LogP contribution in [-0.2, 0) is 4.74 Å². The summed E-state index contributed by atoms with van der Waals surface area (Å²) in [4.78, 5) is 20.7. The van der Waals surface area contributed by atoms with Gasteiger partial charge in [-0.25, -0.2) is 4.98 Å². The molecule has 1 aliphatic heterocycles. The molecule has 0 bridgehead atoms. The third-order valence-corrected chi connectivity index (χ3v) is 3.96. The predicted octanol–water partition coefficient (Wildman–Crippen LogP) is 2.71. The Balaban J connectivity index is 1.77. The lowest BCUT2D eigenvalue weighted by Crippen LogP contribution is -2.41. The molecule has 120 valence electrons. The second kappa shape index (κ2) is 7.24. The van der Waals surface area contributed by atoms with Crippen LogP contribution in [0, 0.1) is 0 Å². The van der Waals surface area contributed by atoms with Crippen LogP contribution < -0.4 is 4.90 Å². The summed E-state index contributed by atoms with van der Waals surface area (Å²) >= 11 is 0. The fourth-order valence-corrected chi connectivity index (χ4v) is 2.72. The number of para-hydroxylation sites is 1. The molecule has 3 rings (SSSR count). The normalized spacial score (nSPS) is 14.6. The summed E-state index contributed by atoms with van der Waals surface area (Å²) < 4.78 is 5.28. The van der Waals surface area contributed by atoms with Gasteiger partial charge in [-0.15, -0.1) is 0 Å². The van der Waals surface area contributed by atoms with E-state index in [9.17, 15) is 4.79 Å². The van der Waals surface area contributed by atoms with E-state index in [2.05, 4.69) is 28.9 Å². The van der Waals surface area contributed by atoms with Gasteiger partial charge in [0.2, 0.25) is 0 Å². The number of amides is 1. The number of hydrogen-bond acceptors (Lipinski definition) is 4. The SMILES string of the molecule is CCN(c1ccccc1)c1ccc(C(=O)N2CCOCC2)nc1. The van der Waals surface area contributed by atoms with Crippen molar-refractivity contribution < 1.29 is 9.53 Å². The van der Waals surface area contributed by atoms with Crippen molar-refractivity contribution in [3.8, 4) is 0 Å². The summed E-state index contributed by atoms with van der Waals surface area (Å²) in [6.07, 6.45) is 1.77. The van der Waals surface area contributed by atoms with E-state index in [1.165, 1.54) is 0 Å². The van der Waals surface area contributed by atoms with Crippen LogP contribution in [0.25, 0.3) is 0 Å². The lowest BCUT2D eigenvalue weighted by atomic mass is 10.2. The molecule has 1 aromatic heterocycles. The first-order chi connectivity index (χ1) is 11.3. The lowest BCUT2D eigenvalue weighted by Gasteiger charge is -2.27. The maximum absolute atomic E-state index is 12.4. The van der Waals surface area contributed by atoms with Gasteiger partial charge in [0.25, 0.3) is 5.91 Å². The first kappa shape index (κ1) is 15.5. The van der Waals surface area contributed by atoms with Crippen LogP contribution in [0.5, 0.6) is 0 Å². The van der Waals surface area contributed by atoms with Crippen LogP contribution in [0.4, 0.5) is 11.4 Å². The molecule has 5 nitrogen and oxygen atoms in total. The van der Waals surface area contributed by atoms with Crippen LogP contribution in [-0.4, -0.2) is 48.6 Å². The van der Waals surface area contributed by atoms with E-state index in [4.69, 9.17) is 4.74 Å². The number of ether oxygens (including phenoxy) is 1. The van der Waals surface area contributed by atoms with Crippen molar-refractivity contribution in [2.75, 3.05) is 37.7 Å². The number of benzene rings is 1. The molecule has 0 radical (unpaired) electrons. The monoisotopic (exact) mass is 311 g/mol. The molecule has 0 N–H and O–H groups in total. The van der Waals surface area contributed by atoms with Crippen LogP contribution in [0.1, 0.15) is 17.4 Å². The predicted molar refractivity (Wildman–Crippen MR) is 90.1 cm³/mol. The topological polar surface area (TPSA) is 45.7 Å². The molecule has 0 atom stereocenters. The number of hydrogen-bond donors (Lipinski definition) is 0. The van der Waals surface area contributed by atoms with Crippen molar-refractivity contribution in [1.82, 2.24) is 9.88 Å². The minimum Gasteiger partial charge on any atom is -0.378 e. The third kappa shape index (κ3) is 3.51. The summed E-state index contributed by atoms with van der Waals surface area (Å²) in [6, 6.07) is 13.9. The molecule has 0 saturated carbocycles. The Morgan fingerprint density at radius 1 is 1.13 bits per heavy atom. The molecule has 1 saturated heterocycles. The zero-order valence-electron chi connectivity index (χ0n) is 13.3. The molecule has 2 heterocycles. The molecule has 1 fully saturated rings. The third-order valence-electron chi connectivity index (χ3n) is 3.96. The molecule has 1 amide bonds. The molecule has 5 heteroatoms. The molecule has 0 spiro atoms. The van der Waals surface area contributed by atoms with Crippen LogP contribution >= 0.6 is 0 Å². The quantitative estimate of drug-likeness (QED) is 0.871. The van der Waals surface area contributed by atoms with Crippen LogP contribution in [0.2, 0.25) is 0 Å². The highest BCUT2D eigenvalue weighted by Crippen LogP contribution is 2.24. The Bertz CT molecular complexity index is 637. The lowest BCUT2D eigenvalue weighted by molar-refractivity contribution is 0.0299. The fourth-order valence-electron chi connectivity index (χ4n) is 2.72. The first-order valence-corrected chi connectivity index (χ1v) is 7.95. The fraction of sp³-hybridized carbons (Fsp3) is 0.333. The largest absolute Gasteiger partial charge is 0.378 e. The average Bonchev–Trinajstić information content (AvgIpc) is 2.64.